The van der Waals surface area contributed by atoms with E-state index in [1.165, 1.54) is 4.31 Å². The number of piperidine rings is 1. The van der Waals surface area contributed by atoms with Gasteiger partial charge < -0.3 is 4.74 Å². The number of amides is 1. The molecule has 0 saturated carbocycles. The summed E-state index contributed by atoms with van der Waals surface area (Å²) in [5.74, 6) is 0.318. The van der Waals surface area contributed by atoms with Crippen LogP contribution >= 0.6 is 0 Å². The molecule has 28 heavy (non-hydrogen) atoms. The van der Waals surface area contributed by atoms with E-state index in [1.807, 2.05) is 19.9 Å². The van der Waals surface area contributed by atoms with Crippen molar-refractivity contribution in [2.45, 2.75) is 43.6 Å². The molecule has 7 nitrogen and oxygen atoms in total. The van der Waals surface area contributed by atoms with Gasteiger partial charge in [0.25, 0.3) is 0 Å². The molecule has 1 aliphatic heterocycles. The van der Waals surface area contributed by atoms with Gasteiger partial charge in [-0.25, -0.2) is 13.2 Å². The number of benzene rings is 1. The third-order valence-corrected chi connectivity index (χ3v) is 6.59. The van der Waals surface area contributed by atoms with Crippen LogP contribution in [-0.2, 0) is 14.8 Å². The van der Waals surface area contributed by atoms with E-state index in [0.29, 0.717) is 37.5 Å². The van der Waals surface area contributed by atoms with E-state index in [2.05, 4.69) is 10.3 Å². The maximum atomic E-state index is 12.6. The summed E-state index contributed by atoms with van der Waals surface area (Å²) in [5, 5.41) is 2.67. The second-order valence-electron chi connectivity index (χ2n) is 7.07. The van der Waals surface area contributed by atoms with Crippen molar-refractivity contribution in [2.24, 2.45) is 0 Å². The van der Waals surface area contributed by atoms with Gasteiger partial charge in [0.1, 0.15) is 6.10 Å². The molecule has 1 aliphatic rings. The third kappa shape index (κ3) is 4.88. The molecule has 0 aliphatic carbocycles. The van der Waals surface area contributed by atoms with Crippen LogP contribution in [0.15, 0.2) is 53.6 Å². The topological polar surface area (TPSA) is 88.6 Å². The molecule has 3 rings (SSSR count). The Bertz CT molecular complexity index is 891. The molecular weight excluding hydrogens is 378 g/mol. The number of sulfonamides is 1. The van der Waals surface area contributed by atoms with Crippen molar-refractivity contribution in [1.82, 2.24) is 9.29 Å². The second-order valence-corrected chi connectivity index (χ2v) is 9.01. The first-order chi connectivity index (χ1) is 13.4. The third-order valence-electron chi connectivity index (χ3n) is 4.68. The zero-order valence-electron chi connectivity index (χ0n) is 16.0. The molecule has 0 unspecified atom stereocenters. The van der Waals surface area contributed by atoms with Crippen LogP contribution in [-0.4, -0.2) is 43.0 Å². The lowest BCUT2D eigenvalue weighted by Crippen LogP contribution is -2.41. The highest BCUT2D eigenvalue weighted by Gasteiger charge is 2.30. The van der Waals surface area contributed by atoms with Gasteiger partial charge in [0.15, 0.2) is 0 Å². The Morgan fingerprint density at radius 1 is 1.14 bits per heavy atom. The lowest BCUT2D eigenvalue weighted by molar-refractivity contribution is 0.0774. The molecular formula is C20H25N3O4S. The van der Waals surface area contributed by atoms with E-state index >= 15 is 0 Å². The molecule has 1 N–H and O–H groups in total. The summed E-state index contributed by atoms with van der Waals surface area (Å²) in [6.45, 7) is 4.74. The summed E-state index contributed by atoms with van der Waals surface area (Å²) in [6, 6.07) is 12.0. The van der Waals surface area contributed by atoms with Crippen molar-refractivity contribution in [1.29, 1.82) is 0 Å². The van der Waals surface area contributed by atoms with Crippen LogP contribution in [0, 0.1) is 0 Å². The van der Waals surface area contributed by atoms with E-state index in [1.54, 1.807) is 42.6 Å². The predicted octanol–water partition coefficient (Wildman–Crippen LogP) is 3.61. The fourth-order valence-corrected chi connectivity index (χ4v) is 4.54. The Kier molecular flexibility index (Phi) is 6.31. The van der Waals surface area contributed by atoms with Crippen LogP contribution in [0.25, 0.3) is 0 Å². The van der Waals surface area contributed by atoms with Crippen molar-refractivity contribution in [3.63, 3.8) is 0 Å². The van der Waals surface area contributed by atoms with Crippen molar-refractivity contribution < 1.29 is 17.9 Å². The SMILES string of the molecule is CC(C)c1ccc(NC(=O)OC2CCN(S(=O)(=O)c3ccccc3)CC2)cn1. The molecule has 150 valence electrons. The average molecular weight is 404 g/mol. The Morgan fingerprint density at radius 3 is 2.39 bits per heavy atom. The van der Waals surface area contributed by atoms with Gasteiger partial charge in [0.05, 0.1) is 16.8 Å². The molecule has 2 heterocycles. The van der Waals surface area contributed by atoms with Gasteiger partial charge in [-0.15, -0.1) is 0 Å². The van der Waals surface area contributed by atoms with Gasteiger partial charge >= 0.3 is 6.09 Å². The number of pyridine rings is 1. The Labute approximate surface area is 165 Å². The summed E-state index contributed by atoms with van der Waals surface area (Å²) >= 11 is 0. The first-order valence-electron chi connectivity index (χ1n) is 9.35. The zero-order chi connectivity index (χ0) is 20.1. The molecule has 8 heteroatoms. The number of hydrogen-bond acceptors (Lipinski definition) is 5. The molecule has 1 amide bonds. The minimum atomic E-state index is -3.50. The average Bonchev–Trinajstić information content (AvgIpc) is 2.69. The van der Waals surface area contributed by atoms with Crippen molar-refractivity contribution in [3.8, 4) is 0 Å². The monoisotopic (exact) mass is 403 g/mol. The number of nitrogens with one attached hydrogen (secondary N) is 1. The summed E-state index contributed by atoms with van der Waals surface area (Å²) in [4.78, 5) is 16.7. The molecule has 2 aromatic rings. The minimum Gasteiger partial charge on any atom is -0.446 e. The Hall–Kier alpha value is -2.45. The number of carbonyl (C=O) groups is 1. The number of carbonyl (C=O) groups excluding carboxylic acids is 1. The van der Waals surface area contributed by atoms with E-state index in [-0.39, 0.29) is 11.0 Å². The second kappa shape index (κ2) is 8.70. The summed E-state index contributed by atoms with van der Waals surface area (Å²) < 4.78 is 32.1. The lowest BCUT2D eigenvalue weighted by atomic mass is 10.1. The van der Waals surface area contributed by atoms with Gasteiger partial charge in [0, 0.05) is 18.8 Å². The summed E-state index contributed by atoms with van der Waals surface area (Å²) in [6.07, 6.45) is 1.66. The Morgan fingerprint density at radius 2 is 1.82 bits per heavy atom. The van der Waals surface area contributed by atoms with E-state index < -0.39 is 16.1 Å². The van der Waals surface area contributed by atoms with Crippen LogP contribution in [0.4, 0.5) is 10.5 Å². The quantitative estimate of drug-likeness (QED) is 0.824. The molecule has 0 bridgehead atoms. The Balaban J connectivity index is 1.50. The first kappa shape index (κ1) is 20.3. The number of rotatable bonds is 5. The molecule has 1 aromatic heterocycles. The maximum Gasteiger partial charge on any atom is 0.411 e. The molecule has 1 aromatic carbocycles. The maximum absolute atomic E-state index is 12.6. The zero-order valence-corrected chi connectivity index (χ0v) is 16.9. The van der Waals surface area contributed by atoms with Crippen LogP contribution in [0.3, 0.4) is 0 Å². The highest BCUT2D eigenvalue weighted by Crippen LogP contribution is 2.22. The van der Waals surface area contributed by atoms with Crippen LogP contribution in [0.2, 0.25) is 0 Å². The van der Waals surface area contributed by atoms with Crippen molar-refractivity contribution >= 4 is 21.8 Å². The van der Waals surface area contributed by atoms with Gasteiger partial charge in [0.2, 0.25) is 10.0 Å². The van der Waals surface area contributed by atoms with Crippen molar-refractivity contribution in [3.05, 3.63) is 54.4 Å². The smallest absolute Gasteiger partial charge is 0.411 e. The number of nitrogens with zero attached hydrogens (tertiary/aromatic N) is 2. The minimum absolute atomic E-state index is 0.282. The highest BCUT2D eigenvalue weighted by molar-refractivity contribution is 7.89. The number of aromatic nitrogens is 1. The molecule has 0 atom stereocenters. The highest BCUT2D eigenvalue weighted by atomic mass is 32.2. The standard InChI is InChI=1S/C20H25N3O4S/c1-15(2)19-9-8-16(14-21-19)22-20(24)27-17-10-12-23(13-11-17)28(25,26)18-6-4-3-5-7-18/h3-9,14-15,17H,10-13H2,1-2H3,(H,22,24). The number of ether oxygens (including phenoxy) is 1. The summed E-state index contributed by atoms with van der Waals surface area (Å²) in [7, 11) is -3.50. The van der Waals surface area contributed by atoms with Crippen LogP contribution in [0.1, 0.15) is 38.3 Å². The fraction of sp³-hybridized carbons (Fsp3) is 0.400. The molecule has 1 fully saturated rings. The normalized spacial score (nSPS) is 16.1. The van der Waals surface area contributed by atoms with E-state index in [0.717, 1.165) is 5.69 Å². The van der Waals surface area contributed by atoms with Crippen LogP contribution < -0.4 is 5.32 Å². The predicted molar refractivity (Wildman–Crippen MR) is 107 cm³/mol. The summed E-state index contributed by atoms with van der Waals surface area (Å²) in [5.41, 5.74) is 1.52. The van der Waals surface area contributed by atoms with E-state index in [9.17, 15) is 13.2 Å². The fourth-order valence-electron chi connectivity index (χ4n) is 3.05. The molecule has 0 radical (unpaired) electrons. The van der Waals surface area contributed by atoms with E-state index in [4.69, 9.17) is 4.74 Å². The van der Waals surface area contributed by atoms with Gasteiger partial charge in [-0.1, -0.05) is 32.0 Å². The van der Waals surface area contributed by atoms with Gasteiger partial charge in [-0.2, -0.15) is 4.31 Å². The first-order valence-corrected chi connectivity index (χ1v) is 10.8. The number of hydrogen-bond donors (Lipinski definition) is 1. The molecule has 0 spiro atoms. The van der Waals surface area contributed by atoms with Crippen molar-refractivity contribution in [2.75, 3.05) is 18.4 Å². The van der Waals surface area contributed by atoms with Gasteiger partial charge in [-0.3, -0.25) is 10.3 Å². The van der Waals surface area contributed by atoms with Gasteiger partial charge in [-0.05, 0) is 43.0 Å². The molecule has 1 saturated heterocycles. The lowest BCUT2D eigenvalue weighted by Gasteiger charge is -2.30. The largest absolute Gasteiger partial charge is 0.446 e. The van der Waals surface area contributed by atoms with Crippen LogP contribution in [0.5, 0.6) is 0 Å². The number of anilines is 1.